The number of nitrogens with one attached hydrogen (secondary N) is 1. The predicted octanol–water partition coefficient (Wildman–Crippen LogP) is 2.32. The Bertz CT molecular complexity index is 823. The number of hydrogen-bond donors (Lipinski definition) is 1. The maximum atomic E-state index is 12.7. The number of nitriles is 1. The molecule has 1 N–H and O–H groups in total. The number of methoxy groups -OCH3 is 3. The molecule has 0 radical (unpaired) electrons. The van der Waals surface area contributed by atoms with E-state index < -0.39 is 11.3 Å². The van der Waals surface area contributed by atoms with Gasteiger partial charge in [0.05, 0.1) is 32.7 Å². The molecule has 2 aromatic rings. The van der Waals surface area contributed by atoms with E-state index in [1.54, 1.807) is 30.3 Å². The summed E-state index contributed by atoms with van der Waals surface area (Å²) in [7, 11) is 4.28. The van der Waals surface area contributed by atoms with Crippen LogP contribution in [0.5, 0.6) is 17.2 Å². The van der Waals surface area contributed by atoms with Crippen LogP contribution < -0.4 is 19.6 Å². The first-order chi connectivity index (χ1) is 12.6. The molecule has 1 atom stereocenters. The zero-order valence-corrected chi connectivity index (χ0v) is 14.5. The fourth-order valence-corrected chi connectivity index (χ4v) is 2.72. The van der Waals surface area contributed by atoms with Gasteiger partial charge in [-0.1, -0.05) is 30.3 Å². The Labute approximate surface area is 150 Å². The maximum Gasteiger partial charge on any atom is 0.272 e. The van der Waals surface area contributed by atoms with Crippen molar-refractivity contribution in [2.45, 2.75) is 5.41 Å². The van der Waals surface area contributed by atoms with Crippen LogP contribution in [0, 0.1) is 16.2 Å². The third-order valence-electron chi connectivity index (χ3n) is 3.96. The van der Waals surface area contributed by atoms with Crippen molar-refractivity contribution in [1.29, 1.82) is 5.26 Å². The summed E-state index contributed by atoms with van der Waals surface area (Å²) in [6.07, 6.45) is 0. The van der Waals surface area contributed by atoms with Crippen molar-refractivity contribution in [3.8, 4) is 23.3 Å². The number of benzene rings is 2. The van der Waals surface area contributed by atoms with Gasteiger partial charge in [0.15, 0.2) is 16.9 Å². The van der Waals surface area contributed by atoms with Crippen molar-refractivity contribution < 1.29 is 19.0 Å². The number of nitrogens with zero attached hydrogens (tertiary/aromatic N) is 2. The molecular weight excluding hydrogens is 338 g/mol. The Morgan fingerprint density at radius 3 is 2.04 bits per heavy atom. The first-order valence-electron chi connectivity index (χ1n) is 7.49. The second kappa shape index (κ2) is 7.98. The predicted molar refractivity (Wildman–Crippen MR) is 92.9 cm³/mol. The van der Waals surface area contributed by atoms with E-state index >= 15 is 0 Å². The van der Waals surface area contributed by atoms with Gasteiger partial charge in [0.25, 0.3) is 5.91 Å². The molecule has 0 bridgehead atoms. The second-order valence-corrected chi connectivity index (χ2v) is 5.17. The first kappa shape index (κ1) is 18.7. The molecule has 0 aliphatic heterocycles. The minimum Gasteiger partial charge on any atom is -0.493 e. The summed E-state index contributed by atoms with van der Waals surface area (Å²) in [4.78, 5) is 23.3. The zero-order chi connectivity index (χ0) is 19.2. The van der Waals surface area contributed by atoms with Crippen molar-refractivity contribution in [2.75, 3.05) is 21.3 Å². The van der Waals surface area contributed by atoms with Gasteiger partial charge in [-0.15, -0.1) is 4.91 Å². The Kier molecular flexibility index (Phi) is 5.75. The highest BCUT2D eigenvalue weighted by molar-refractivity contribution is 5.95. The highest BCUT2D eigenvalue weighted by atomic mass is 16.5. The molecular formula is C18H17N3O5. The van der Waals surface area contributed by atoms with Crippen LogP contribution in [-0.4, -0.2) is 27.2 Å². The topological polar surface area (TPSA) is 110 Å². The van der Waals surface area contributed by atoms with Crippen molar-refractivity contribution in [2.24, 2.45) is 5.29 Å². The van der Waals surface area contributed by atoms with E-state index in [9.17, 15) is 15.0 Å². The molecule has 0 aliphatic carbocycles. The molecule has 0 saturated carbocycles. The molecule has 8 nitrogen and oxygen atoms in total. The van der Waals surface area contributed by atoms with Gasteiger partial charge < -0.3 is 14.2 Å². The van der Waals surface area contributed by atoms with E-state index in [1.165, 1.54) is 33.5 Å². The summed E-state index contributed by atoms with van der Waals surface area (Å²) in [5.74, 6) is -0.0448. The van der Waals surface area contributed by atoms with Crippen molar-refractivity contribution in [1.82, 2.24) is 5.43 Å². The molecule has 0 spiro atoms. The number of amides is 1. The molecule has 26 heavy (non-hydrogen) atoms. The number of ether oxygens (including phenoxy) is 3. The monoisotopic (exact) mass is 355 g/mol. The molecule has 2 rings (SSSR count). The maximum absolute atomic E-state index is 12.7. The molecule has 8 heteroatoms. The van der Waals surface area contributed by atoms with Crippen LogP contribution in [0.25, 0.3) is 0 Å². The molecule has 1 amide bonds. The van der Waals surface area contributed by atoms with Gasteiger partial charge in [-0.05, 0) is 23.3 Å². The lowest BCUT2D eigenvalue weighted by Crippen LogP contribution is -2.42. The van der Waals surface area contributed by atoms with Crippen LogP contribution in [0.4, 0.5) is 0 Å². The summed E-state index contributed by atoms with van der Waals surface area (Å²) in [5.41, 5.74) is 0.585. The molecule has 0 aliphatic rings. The Balaban J connectivity index is 2.84. The Morgan fingerprint density at radius 1 is 1.04 bits per heavy atom. The average Bonchev–Trinajstić information content (AvgIpc) is 2.69. The molecule has 1 unspecified atom stereocenters. The van der Waals surface area contributed by atoms with E-state index in [-0.39, 0.29) is 17.1 Å². The molecule has 2 aromatic carbocycles. The van der Waals surface area contributed by atoms with E-state index in [2.05, 4.69) is 5.29 Å². The van der Waals surface area contributed by atoms with E-state index in [0.717, 1.165) is 0 Å². The highest BCUT2D eigenvalue weighted by Gasteiger charge is 2.44. The average molecular weight is 355 g/mol. The fraction of sp³-hybridized carbons (Fsp3) is 0.222. The smallest absolute Gasteiger partial charge is 0.272 e. The normalized spacial score (nSPS) is 12.2. The lowest BCUT2D eigenvalue weighted by molar-refractivity contribution is -0.123. The Hall–Kier alpha value is -3.60. The first-order valence-corrected chi connectivity index (χ1v) is 7.49. The summed E-state index contributed by atoms with van der Waals surface area (Å²) in [6, 6.07) is 13.3. The largest absolute Gasteiger partial charge is 0.493 e. The molecule has 134 valence electrons. The van der Waals surface area contributed by atoms with Crippen LogP contribution >= 0.6 is 0 Å². The number of hydrogen-bond acceptors (Lipinski definition) is 7. The fourth-order valence-electron chi connectivity index (χ4n) is 2.72. The van der Waals surface area contributed by atoms with Gasteiger partial charge in [0.1, 0.15) is 0 Å². The Morgan fingerprint density at radius 2 is 1.62 bits per heavy atom. The van der Waals surface area contributed by atoms with Crippen LogP contribution in [0.15, 0.2) is 47.8 Å². The minimum absolute atomic E-state index is 0.238. The van der Waals surface area contributed by atoms with Crippen LogP contribution in [-0.2, 0) is 10.2 Å². The van der Waals surface area contributed by atoms with Gasteiger partial charge in [0.2, 0.25) is 5.75 Å². The number of carbonyl (C=O) groups excluding carboxylic acids is 1. The van der Waals surface area contributed by atoms with Crippen molar-refractivity contribution >= 4 is 5.91 Å². The lowest BCUT2D eigenvalue weighted by atomic mass is 9.74. The van der Waals surface area contributed by atoms with Crippen molar-refractivity contribution in [3.63, 3.8) is 0 Å². The SMILES string of the molecule is COc1cc(C(C#N)(C(=O)NN=O)c2ccccc2)cc(OC)c1OC. The summed E-state index contributed by atoms with van der Waals surface area (Å²) in [6.45, 7) is 0. The lowest BCUT2D eigenvalue weighted by Gasteiger charge is -2.26. The van der Waals surface area contributed by atoms with Gasteiger partial charge in [-0.2, -0.15) is 5.26 Å². The molecule has 0 heterocycles. The quantitative estimate of drug-likeness (QED) is 0.603. The third-order valence-corrected chi connectivity index (χ3v) is 3.96. The standard InChI is InChI=1S/C18H17N3O5/c1-24-14-9-13(10-15(25-2)16(14)26-3)18(11-19,17(22)20-21-23)12-7-5-4-6-8-12/h4-10H,1-3H3,(H,20,22,23). The van der Waals surface area contributed by atoms with Crippen molar-refractivity contribution in [3.05, 3.63) is 58.5 Å². The van der Waals surface area contributed by atoms with Crippen LogP contribution in [0.1, 0.15) is 11.1 Å². The number of nitroso groups, excluding NO2 is 1. The summed E-state index contributed by atoms with van der Waals surface area (Å²) < 4.78 is 15.9. The molecule has 0 fully saturated rings. The molecule has 0 saturated heterocycles. The third kappa shape index (κ3) is 3.02. The summed E-state index contributed by atoms with van der Waals surface area (Å²) >= 11 is 0. The van der Waals surface area contributed by atoms with E-state index in [4.69, 9.17) is 14.2 Å². The van der Waals surface area contributed by atoms with Gasteiger partial charge in [-0.25, -0.2) is 5.43 Å². The number of rotatable bonds is 7. The van der Waals surface area contributed by atoms with Gasteiger partial charge in [0, 0.05) is 0 Å². The second-order valence-electron chi connectivity index (χ2n) is 5.17. The zero-order valence-electron chi connectivity index (χ0n) is 14.5. The van der Waals surface area contributed by atoms with Crippen LogP contribution in [0.3, 0.4) is 0 Å². The van der Waals surface area contributed by atoms with Gasteiger partial charge >= 0.3 is 0 Å². The van der Waals surface area contributed by atoms with E-state index in [0.29, 0.717) is 11.3 Å². The summed E-state index contributed by atoms with van der Waals surface area (Å²) in [5, 5.41) is 12.4. The highest BCUT2D eigenvalue weighted by Crippen LogP contribution is 2.43. The van der Waals surface area contributed by atoms with Crippen LogP contribution in [0.2, 0.25) is 0 Å². The van der Waals surface area contributed by atoms with E-state index in [1.807, 2.05) is 11.5 Å². The van der Waals surface area contributed by atoms with Gasteiger partial charge in [-0.3, -0.25) is 4.79 Å². The minimum atomic E-state index is -1.85. The number of carbonyl (C=O) groups is 1. The molecule has 0 aromatic heterocycles.